The maximum absolute atomic E-state index is 13.8. The first-order chi connectivity index (χ1) is 12.1. The molecule has 27 heavy (non-hydrogen) atoms. The average Bonchev–Trinajstić information content (AvgIpc) is 3.08. The lowest BCUT2D eigenvalue weighted by Gasteiger charge is -2.31. The Labute approximate surface area is 169 Å². The summed E-state index contributed by atoms with van der Waals surface area (Å²) in [5, 5.41) is 3.23. The number of amides is 1. The van der Waals surface area contributed by atoms with E-state index in [1.165, 1.54) is 18.3 Å². The van der Waals surface area contributed by atoms with Gasteiger partial charge in [-0.2, -0.15) is 0 Å². The number of aryl methyl sites for hydroxylation is 1. The van der Waals surface area contributed by atoms with Gasteiger partial charge >= 0.3 is 0 Å². The molecule has 1 aliphatic heterocycles. The quantitative estimate of drug-likeness (QED) is 0.800. The fourth-order valence-electron chi connectivity index (χ4n) is 3.03. The number of nitrogens with zero attached hydrogens (tertiary/aromatic N) is 2. The Morgan fingerprint density at radius 2 is 2.00 bits per heavy atom. The lowest BCUT2D eigenvalue weighted by atomic mass is 10.0. The number of carbonyl (C=O) groups excluding carboxylic acids is 1. The summed E-state index contributed by atoms with van der Waals surface area (Å²) in [6, 6.07) is 3.75. The molecule has 0 bridgehead atoms. The maximum atomic E-state index is 13.8. The van der Waals surface area contributed by atoms with Crippen molar-refractivity contribution < 1.29 is 18.0 Å². The molecule has 0 atom stereocenters. The molecule has 0 radical (unpaired) electrons. The van der Waals surface area contributed by atoms with Crippen LogP contribution in [0, 0.1) is 11.6 Å². The molecule has 1 aromatic heterocycles. The fraction of sp³-hybridized carbons (Fsp3) is 0.444. The number of nitrogens with one attached hydrogen (secondary N) is 1. The molecule has 0 spiro atoms. The summed E-state index contributed by atoms with van der Waals surface area (Å²) in [5.41, 5.74) is 0.153. The van der Waals surface area contributed by atoms with Gasteiger partial charge in [0.25, 0.3) is 0 Å². The van der Waals surface area contributed by atoms with Crippen molar-refractivity contribution in [3.63, 3.8) is 0 Å². The number of carbonyl (C=O) groups is 1. The molecule has 1 amide bonds. The van der Waals surface area contributed by atoms with E-state index in [2.05, 4.69) is 10.3 Å². The minimum atomic E-state index is -0.703. The van der Waals surface area contributed by atoms with E-state index in [-0.39, 0.29) is 42.0 Å². The Morgan fingerprint density at radius 3 is 2.63 bits per heavy atom. The van der Waals surface area contributed by atoms with E-state index in [4.69, 9.17) is 4.42 Å². The molecule has 9 heteroatoms. The van der Waals surface area contributed by atoms with E-state index >= 15 is 0 Å². The first-order valence-corrected chi connectivity index (χ1v) is 8.42. The highest BCUT2D eigenvalue weighted by Crippen LogP contribution is 2.24. The van der Waals surface area contributed by atoms with Crippen LogP contribution in [0.25, 0.3) is 11.3 Å². The summed E-state index contributed by atoms with van der Waals surface area (Å²) < 4.78 is 32.2. The van der Waals surface area contributed by atoms with E-state index in [1.54, 1.807) is 0 Å². The zero-order chi connectivity index (χ0) is 17.8. The van der Waals surface area contributed by atoms with Crippen LogP contribution in [-0.2, 0) is 11.2 Å². The van der Waals surface area contributed by atoms with Crippen molar-refractivity contribution >= 4 is 30.7 Å². The van der Waals surface area contributed by atoms with Crippen LogP contribution in [0.4, 0.5) is 8.78 Å². The smallest absolute Gasteiger partial charge is 0.223 e. The number of hydrogen-bond donors (Lipinski definition) is 1. The molecule has 150 valence electrons. The summed E-state index contributed by atoms with van der Waals surface area (Å²) in [5.74, 6) is -0.672. The standard InChI is InChI=1S/C18H21F2N3O2.2ClH/c1-21-13-6-8-23(9-7-13)18(24)5-4-17-22-11-16(25-17)14-3-2-12(19)10-15(14)20;;/h2-3,10-11,13,21H,4-9H2,1H3;2*1H. The molecule has 5 nitrogen and oxygen atoms in total. The predicted octanol–water partition coefficient (Wildman–Crippen LogP) is 3.61. The number of oxazole rings is 1. The van der Waals surface area contributed by atoms with Crippen LogP contribution < -0.4 is 5.32 Å². The number of benzene rings is 1. The monoisotopic (exact) mass is 421 g/mol. The summed E-state index contributed by atoms with van der Waals surface area (Å²) in [6.45, 7) is 1.50. The van der Waals surface area contributed by atoms with E-state index in [1.807, 2.05) is 11.9 Å². The van der Waals surface area contributed by atoms with Gasteiger partial charge in [-0.1, -0.05) is 0 Å². The van der Waals surface area contributed by atoms with Crippen LogP contribution in [0.2, 0.25) is 0 Å². The largest absolute Gasteiger partial charge is 0.441 e. The minimum Gasteiger partial charge on any atom is -0.441 e. The molecule has 1 aromatic carbocycles. The number of aromatic nitrogens is 1. The van der Waals surface area contributed by atoms with Gasteiger partial charge in [0.2, 0.25) is 5.91 Å². The topological polar surface area (TPSA) is 58.4 Å². The van der Waals surface area contributed by atoms with Crippen molar-refractivity contribution in [2.45, 2.75) is 31.7 Å². The number of hydrogen-bond acceptors (Lipinski definition) is 4. The fourth-order valence-corrected chi connectivity index (χ4v) is 3.03. The summed E-state index contributed by atoms with van der Waals surface area (Å²) >= 11 is 0. The second-order valence-electron chi connectivity index (χ2n) is 6.19. The summed E-state index contributed by atoms with van der Waals surface area (Å²) in [7, 11) is 1.94. The highest BCUT2D eigenvalue weighted by molar-refractivity contribution is 5.85. The molecule has 1 N–H and O–H groups in total. The van der Waals surface area contributed by atoms with Crippen LogP contribution in [-0.4, -0.2) is 42.0 Å². The summed E-state index contributed by atoms with van der Waals surface area (Å²) in [6.07, 6.45) is 3.96. The van der Waals surface area contributed by atoms with Crippen LogP contribution in [0.1, 0.15) is 25.2 Å². The van der Waals surface area contributed by atoms with Gasteiger partial charge in [0.1, 0.15) is 11.6 Å². The Hall–Kier alpha value is -1.70. The van der Waals surface area contributed by atoms with Crippen molar-refractivity contribution in [1.29, 1.82) is 0 Å². The van der Waals surface area contributed by atoms with Crippen molar-refractivity contribution in [3.05, 3.63) is 41.9 Å². The zero-order valence-electron chi connectivity index (χ0n) is 14.9. The lowest BCUT2D eigenvalue weighted by Crippen LogP contribution is -2.44. The van der Waals surface area contributed by atoms with Crippen LogP contribution in [0.5, 0.6) is 0 Å². The molecule has 3 rings (SSSR count). The number of likely N-dealkylation sites (tertiary alicyclic amines) is 1. The van der Waals surface area contributed by atoms with Gasteiger partial charge in [0.15, 0.2) is 11.7 Å². The van der Waals surface area contributed by atoms with Gasteiger partial charge in [-0.3, -0.25) is 4.79 Å². The highest BCUT2D eigenvalue weighted by Gasteiger charge is 2.22. The third-order valence-electron chi connectivity index (χ3n) is 4.56. The molecule has 1 aliphatic rings. The molecule has 2 heterocycles. The first kappa shape index (κ1) is 23.3. The molecule has 0 saturated carbocycles. The summed E-state index contributed by atoms with van der Waals surface area (Å²) in [4.78, 5) is 18.2. The SMILES string of the molecule is CNC1CCN(C(=O)CCc2ncc(-c3ccc(F)cc3F)o2)CC1.Cl.Cl. The van der Waals surface area contributed by atoms with Crippen molar-refractivity contribution in [2.24, 2.45) is 0 Å². The molecule has 0 unspecified atom stereocenters. The van der Waals surface area contributed by atoms with Crippen LogP contribution in [0.3, 0.4) is 0 Å². The van der Waals surface area contributed by atoms with Crippen molar-refractivity contribution in [2.75, 3.05) is 20.1 Å². The van der Waals surface area contributed by atoms with E-state index in [0.717, 1.165) is 32.0 Å². The highest BCUT2D eigenvalue weighted by atomic mass is 35.5. The molecule has 1 fully saturated rings. The molecular weight excluding hydrogens is 399 g/mol. The predicted molar refractivity (Wildman–Crippen MR) is 103 cm³/mol. The van der Waals surface area contributed by atoms with E-state index in [0.29, 0.717) is 24.8 Å². The molecule has 0 aliphatic carbocycles. The number of halogens is 4. The second-order valence-corrected chi connectivity index (χ2v) is 6.19. The first-order valence-electron chi connectivity index (χ1n) is 8.42. The molecular formula is C18H23Cl2F2N3O2. The number of piperidine rings is 1. The third-order valence-corrected chi connectivity index (χ3v) is 4.56. The van der Waals surface area contributed by atoms with Gasteiger partial charge in [0, 0.05) is 38.0 Å². The van der Waals surface area contributed by atoms with E-state index < -0.39 is 11.6 Å². The molecule has 1 saturated heterocycles. The van der Waals surface area contributed by atoms with E-state index in [9.17, 15) is 13.6 Å². The Balaban J connectivity index is 0.00000182. The Bertz CT molecular complexity index is 750. The average molecular weight is 422 g/mol. The molecule has 2 aromatic rings. The lowest BCUT2D eigenvalue weighted by molar-refractivity contribution is -0.132. The van der Waals surface area contributed by atoms with Gasteiger partial charge in [-0.15, -0.1) is 24.8 Å². The maximum Gasteiger partial charge on any atom is 0.223 e. The van der Waals surface area contributed by atoms with Crippen LogP contribution in [0.15, 0.2) is 28.8 Å². The number of rotatable bonds is 5. The van der Waals surface area contributed by atoms with Gasteiger partial charge in [-0.05, 0) is 32.0 Å². The Kier molecular flexibility index (Phi) is 9.15. The normalized spacial score (nSPS) is 14.4. The zero-order valence-corrected chi connectivity index (χ0v) is 16.5. The van der Waals surface area contributed by atoms with Crippen molar-refractivity contribution in [3.8, 4) is 11.3 Å². The second kappa shape index (κ2) is 10.6. The third kappa shape index (κ3) is 5.89. The Morgan fingerprint density at radius 1 is 1.30 bits per heavy atom. The minimum absolute atomic E-state index is 0. The van der Waals surface area contributed by atoms with Gasteiger partial charge in [0.05, 0.1) is 11.8 Å². The van der Waals surface area contributed by atoms with Gasteiger partial charge in [-0.25, -0.2) is 13.8 Å². The van der Waals surface area contributed by atoms with Crippen LogP contribution >= 0.6 is 24.8 Å². The van der Waals surface area contributed by atoms with Gasteiger partial charge < -0.3 is 14.6 Å². The van der Waals surface area contributed by atoms with Crippen molar-refractivity contribution in [1.82, 2.24) is 15.2 Å².